The lowest BCUT2D eigenvalue weighted by Crippen LogP contribution is -2.58. The maximum absolute atomic E-state index is 11.6. The Kier molecular flexibility index (Phi) is 3.79. The van der Waals surface area contributed by atoms with Gasteiger partial charge in [-0.2, -0.15) is 0 Å². The van der Waals surface area contributed by atoms with Gasteiger partial charge in [-0.25, -0.2) is 0 Å². The van der Waals surface area contributed by atoms with Gasteiger partial charge < -0.3 is 15.2 Å². The molecule has 1 amide bonds. The largest absolute Gasteiger partial charge is 0.493 e. The number of piperazine rings is 1. The van der Waals surface area contributed by atoms with E-state index in [-0.39, 0.29) is 24.9 Å². The first-order valence-corrected chi connectivity index (χ1v) is 7.10. The van der Waals surface area contributed by atoms with Gasteiger partial charge in [0.25, 0.3) is 0 Å². The molecule has 21 heavy (non-hydrogen) atoms. The molecule has 0 aromatic heterocycles. The number of carboxylic acid groups (broad SMARTS) is 1. The van der Waals surface area contributed by atoms with E-state index in [4.69, 9.17) is 4.74 Å². The minimum Gasteiger partial charge on any atom is -0.493 e. The second-order valence-corrected chi connectivity index (χ2v) is 5.46. The zero-order valence-electron chi connectivity index (χ0n) is 11.6. The van der Waals surface area contributed by atoms with Gasteiger partial charge >= 0.3 is 5.97 Å². The Morgan fingerprint density at radius 3 is 3.05 bits per heavy atom. The zero-order chi connectivity index (χ0) is 14.8. The van der Waals surface area contributed by atoms with Crippen LogP contribution in [0.4, 0.5) is 0 Å². The van der Waals surface area contributed by atoms with Crippen LogP contribution < -0.4 is 10.1 Å². The Bertz CT molecular complexity index is 560. The van der Waals surface area contributed by atoms with Crippen LogP contribution in [0.2, 0.25) is 0 Å². The Morgan fingerprint density at radius 1 is 1.43 bits per heavy atom. The number of rotatable bonds is 3. The maximum atomic E-state index is 11.6. The normalized spacial score (nSPS) is 25.6. The molecule has 6 heteroatoms. The number of nitrogens with one attached hydrogen (secondary N) is 1. The molecule has 2 unspecified atom stereocenters. The Morgan fingerprint density at radius 2 is 2.24 bits per heavy atom. The smallest absolute Gasteiger partial charge is 0.322 e. The fraction of sp³-hybridized carbons (Fsp3) is 0.467. The number of carbonyl (C=O) groups excluding carboxylic acids is 1. The maximum Gasteiger partial charge on any atom is 0.322 e. The summed E-state index contributed by atoms with van der Waals surface area (Å²) in [5.41, 5.74) is 1.10. The number of carbonyl (C=O) groups is 2. The highest BCUT2D eigenvalue weighted by atomic mass is 16.5. The number of para-hydroxylation sites is 1. The molecule has 2 N–H and O–H groups in total. The fourth-order valence-electron chi connectivity index (χ4n) is 3.01. The van der Waals surface area contributed by atoms with Gasteiger partial charge in [-0.05, 0) is 18.1 Å². The standard InChI is InChI=1S/C15H18N2O4/c18-14-9-17(12(7-16-14)15(19)20)8-10-5-6-21-13-4-2-1-3-11(10)13/h1-4,10,12H,5-9H2,(H,16,18)(H,19,20). The van der Waals surface area contributed by atoms with Crippen LogP contribution in [-0.4, -0.2) is 54.2 Å². The Balaban J connectivity index is 1.79. The van der Waals surface area contributed by atoms with Crippen molar-refractivity contribution in [3.63, 3.8) is 0 Å². The molecule has 1 aromatic rings. The minimum absolute atomic E-state index is 0.118. The van der Waals surface area contributed by atoms with Crippen LogP contribution in [-0.2, 0) is 9.59 Å². The molecule has 6 nitrogen and oxygen atoms in total. The summed E-state index contributed by atoms with van der Waals surface area (Å²) in [6.45, 7) is 1.49. The van der Waals surface area contributed by atoms with Gasteiger partial charge in [-0.15, -0.1) is 0 Å². The van der Waals surface area contributed by atoms with Gasteiger partial charge in [0.05, 0.1) is 13.2 Å². The first kappa shape index (κ1) is 13.9. The van der Waals surface area contributed by atoms with Gasteiger partial charge in [0.1, 0.15) is 11.8 Å². The SMILES string of the molecule is O=C1CN(CC2CCOc3ccccc32)C(C(=O)O)CN1. The molecule has 3 rings (SSSR count). The highest BCUT2D eigenvalue weighted by Gasteiger charge is 2.34. The van der Waals surface area contributed by atoms with Crippen molar-refractivity contribution in [2.75, 3.05) is 26.2 Å². The molecule has 1 aromatic carbocycles. The molecule has 2 atom stereocenters. The molecule has 0 bridgehead atoms. The molecule has 0 spiro atoms. The first-order valence-electron chi connectivity index (χ1n) is 7.10. The molecule has 112 valence electrons. The molecule has 0 saturated carbocycles. The molecule has 2 aliphatic rings. The van der Waals surface area contributed by atoms with Crippen molar-refractivity contribution in [3.8, 4) is 5.75 Å². The number of ether oxygens (including phenoxy) is 1. The van der Waals surface area contributed by atoms with Crippen molar-refractivity contribution in [1.82, 2.24) is 10.2 Å². The summed E-state index contributed by atoms with van der Waals surface area (Å²) in [5, 5.41) is 11.9. The monoisotopic (exact) mass is 290 g/mol. The van der Waals surface area contributed by atoms with Crippen LogP contribution in [0.5, 0.6) is 5.75 Å². The molecule has 1 saturated heterocycles. The van der Waals surface area contributed by atoms with E-state index in [9.17, 15) is 14.7 Å². The van der Waals surface area contributed by atoms with Crippen molar-refractivity contribution in [3.05, 3.63) is 29.8 Å². The molecular weight excluding hydrogens is 272 g/mol. The van der Waals surface area contributed by atoms with E-state index in [1.54, 1.807) is 4.90 Å². The summed E-state index contributed by atoms with van der Waals surface area (Å²) < 4.78 is 5.62. The second-order valence-electron chi connectivity index (χ2n) is 5.46. The summed E-state index contributed by atoms with van der Waals surface area (Å²) in [6.07, 6.45) is 0.835. The summed E-state index contributed by atoms with van der Waals surface area (Å²) in [5.74, 6) is 0.0491. The Labute approximate surface area is 122 Å². The first-order chi connectivity index (χ1) is 10.1. The van der Waals surface area contributed by atoms with Crippen LogP contribution in [0.25, 0.3) is 0 Å². The lowest BCUT2D eigenvalue weighted by Gasteiger charge is -2.36. The van der Waals surface area contributed by atoms with Crippen molar-refractivity contribution >= 4 is 11.9 Å². The predicted molar refractivity (Wildman–Crippen MR) is 75.3 cm³/mol. The second kappa shape index (κ2) is 5.73. The predicted octanol–water partition coefficient (Wildman–Crippen LogP) is 0.438. The van der Waals surface area contributed by atoms with Gasteiger partial charge in [0.2, 0.25) is 5.91 Å². The number of carboxylic acids is 1. The number of aliphatic carboxylic acids is 1. The molecule has 0 radical (unpaired) electrons. The average molecular weight is 290 g/mol. The number of nitrogens with zero attached hydrogens (tertiary/aromatic N) is 1. The van der Waals surface area contributed by atoms with Crippen LogP contribution in [0.3, 0.4) is 0 Å². The van der Waals surface area contributed by atoms with Crippen molar-refractivity contribution < 1.29 is 19.4 Å². The van der Waals surface area contributed by atoms with Gasteiger partial charge in [0.15, 0.2) is 0 Å². The van der Waals surface area contributed by atoms with Gasteiger partial charge in [0, 0.05) is 19.0 Å². The van der Waals surface area contributed by atoms with Crippen molar-refractivity contribution in [1.29, 1.82) is 0 Å². The average Bonchev–Trinajstić information content (AvgIpc) is 2.47. The highest BCUT2D eigenvalue weighted by molar-refractivity contribution is 5.83. The summed E-state index contributed by atoms with van der Waals surface area (Å²) >= 11 is 0. The van der Waals surface area contributed by atoms with E-state index in [0.717, 1.165) is 17.7 Å². The summed E-state index contributed by atoms with van der Waals surface area (Å²) in [7, 11) is 0. The van der Waals surface area contributed by atoms with Gasteiger partial charge in [-0.3, -0.25) is 14.5 Å². The third-order valence-corrected chi connectivity index (χ3v) is 4.10. The third-order valence-electron chi connectivity index (χ3n) is 4.10. The Hall–Kier alpha value is -2.08. The van der Waals surface area contributed by atoms with Crippen LogP contribution in [0.15, 0.2) is 24.3 Å². The van der Waals surface area contributed by atoms with E-state index in [0.29, 0.717) is 13.2 Å². The number of fused-ring (bicyclic) bond motifs is 1. The molecule has 0 aliphatic carbocycles. The number of hydrogen-bond acceptors (Lipinski definition) is 4. The van der Waals surface area contributed by atoms with E-state index in [1.807, 2.05) is 24.3 Å². The van der Waals surface area contributed by atoms with E-state index in [2.05, 4.69) is 5.32 Å². The third kappa shape index (κ3) is 2.85. The lowest BCUT2D eigenvalue weighted by molar-refractivity contribution is -0.146. The molecule has 1 fully saturated rings. The van der Waals surface area contributed by atoms with E-state index in [1.165, 1.54) is 0 Å². The van der Waals surface area contributed by atoms with Crippen molar-refractivity contribution in [2.45, 2.75) is 18.4 Å². The van der Waals surface area contributed by atoms with E-state index < -0.39 is 12.0 Å². The quantitative estimate of drug-likeness (QED) is 0.844. The number of benzene rings is 1. The topological polar surface area (TPSA) is 78.9 Å². The minimum atomic E-state index is -0.893. The summed E-state index contributed by atoms with van der Waals surface area (Å²) in [6, 6.07) is 7.17. The number of amides is 1. The van der Waals surface area contributed by atoms with Gasteiger partial charge in [-0.1, -0.05) is 18.2 Å². The molecule has 2 heterocycles. The molecular formula is C15H18N2O4. The lowest BCUT2D eigenvalue weighted by atomic mass is 9.92. The summed E-state index contributed by atoms with van der Waals surface area (Å²) in [4.78, 5) is 24.7. The fourth-order valence-corrected chi connectivity index (χ4v) is 3.01. The molecule has 2 aliphatic heterocycles. The number of hydrogen-bond donors (Lipinski definition) is 2. The zero-order valence-corrected chi connectivity index (χ0v) is 11.6. The highest BCUT2D eigenvalue weighted by Crippen LogP contribution is 2.34. The van der Waals surface area contributed by atoms with Crippen molar-refractivity contribution in [2.24, 2.45) is 0 Å². The van der Waals surface area contributed by atoms with Crippen LogP contribution >= 0.6 is 0 Å². The van der Waals surface area contributed by atoms with E-state index >= 15 is 0 Å². The van der Waals surface area contributed by atoms with Crippen LogP contribution in [0.1, 0.15) is 17.9 Å². The van der Waals surface area contributed by atoms with Crippen LogP contribution in [0, 0.1) is 0 Å².